The number of hydrogen-bond acceptors (Lipinski definition) is 7. The fraction of sp³-hybridized carbons (Fsp3) is 0.476. The van der Waals surface area contributed by atoms with E-state index < -0.39 is 32.8 Å². The zero-order chi connectivity index (χ0) is 22.8. The molecule has 3 rings (SSSR count). The van der Waals surface area contributed by atoms with Crippen molar-refractivity contribution < 1.29 is 27.1 Å². The predicted octanol–water partition coefficient (Wildman–Crippen LogP) is 2.98. The third kappa shape index (κ3) is 4.48. The molecule has 1 aliphatic rings. The van der Waals surface area contributed by atoms with Gasteiger partial charge in [0.05, 0.1) is 31.7 Å². The number of carbonyl (C=O) groups is 1. The van der Waals surface area contributed by atoms with Gasteiger partial charge in [-0.05, 0) is 36.6 Å². The minimum atomic E-state index is -3.76. The summed E-state index contributed by atoms with van der Waals surface area (Å²) < 4.78 is 52.9. The van der Waals surface area contributed by atoms with Crippen LogP contribution in [0.4, 0.5) is 10.3 Å². The van der Waals surface area contributed by atoms with Crippen LogP contribution in [0, 0.1) is 5.92 Å². The first kappa shape index (κ1) is 22.9. The lowest BCUT2D eigenvalue weighted by molar-refractivity contribution is -0.159. The lowest BCUT2D eigenvalue weighted by Gasteiger charge is -2.27. The number of halogens is 1. The molecule has 1 fully saturated rings. The topological polar surface area (TPSA) is 98.7 Å². The Bertz CT molecular complexity index is 1040. The molecule has 0 radical (unpaired) electrons. The molecule has 0 bridgehead atoms. The number of anilines is 1. The molecule has 0 amide bonds. The lowest BCUT2D eigenvalue weighted by Crippen LogP contribution is -2.40. The van der Waals surface area contributed by atoms with Crippen molar-refractivity contribution in [2.45, 2.75) is 44.2 Å². The summed E-state index contributed by atoms with van der Waals surface area (Å²) in [6, 6.07) is 8.17. The highest BCUT2D eigenvalue weighted by molar-refractivity contribution is 7.93. The van der Waals surface area contributed by atoms with E-state index in [1.165, 1.54) is 33.2 Å². The van der Waals surface area contributed by atoms with Crippen LogP contribution in [0.25, 0.3) is 0 Å². The zero-order valence-corrected chi connectivity index (χ0v) is 18.7. The third-order valence-electron chi connectivity index (χ3n) is 5.25. The summed E-state index contributed by atoms with van der Waals surface area (Å²) in [7, 11) is -1.13. The van der Waals surface area contributed by atoms with Crippen molar-refractivity contribution in [3.05, 3.63) is 47.8 Å². The molecule has 1 aromatic heterocycles. The molecule has 0 saturated heterocycles. The minimum Gasteiger partial charge on any atom is -0.497 e. The predicted molar refractivity (Wildman–Crippen MR) is 113 cm³/mol. The highest BCUT2D eigenvalue weighted by Crippen LogP contribution is 2.37. The lowest BCUT2D eigenvalue weighted by atomic mass is 9.89. The zero-order valence-electron chi connectivity index (χ0n) is 17.9. The van der Waals surface area contributed by atoms with Gasteiger partial charge in [0.25, 0.3) is 5.67 Å². The number of methoxy groups -OCH3 is 2. The number of rotatable bonds is 9. The summed E-state index contributed by atoms with van der Waals surface area (Å²) in [6.07, 6.45) is 2.34. The first-order valence-corrected chi connectivity index (χ1v) is 11.4. The Morgan fingerprint density at radius 2 is 1.87 bits per heavy atom. The Balaban J connectivity index is 2.05. The molecule has 1 unspecified atom stereocenters. The van der Waals surface area contributed by atoms with E-state index in [1.807, 2.05) is 0 Å². The monoisotopic (exact) mass is 451 g/mol. The van der Waals surface area contributed by atoms with Gasteiger partial charge in [-0.2, -0.15) is 0 Å². The van der Waals surface area contributed by atoms with Crippen LogP contribution in [0.2, 0.25) is 0 Å². The van der Waals surface area contributed by atoms with Gasteiger partial charge in [0.1, 0.15) is 5.75 Å². The van der Waals surface area contributed by atoms with E-state index in [-0.39, 0.29) is 18.2 Å². The van der Waals surface area contributed by atoms with Crippen molar-refractivity contribution in [3.8, 4) is 5.75 Å². The van der Waals surface area contributed by atoms with Gasteiger partial charge in [-0.1, -0.05) is 26.0 Å². The van der Waals surface area contributed by atoms with Crippen LogP contribution in [-0.4, -0.2) is 43.8 Å². The molecular weight excluding hydrogens is 425 g/mol. The van der Waals surface area contributed by atoms with Crippen LogP contribution >= 0.6 is 0 Å². The van der Waals surface area contributed by atoms with Crippen LogP contribution in [0.5, 0.6) is 5.75 Å². The van der Waals surface area contributed by atoms with E-state index in [2.05, 4.69) is 14.7 Å². The Labute approximate surface area is 181 Å². The molecule has 0 aliphatic heterocycles. The second kappa shape index (κ2) is 8.78. The first-order valence-electron chi connectivity index (χ1n) is 9.90. The van der Waals surface area contributed by atoms with E-state index >= 15 is 4.39 Å². The Kier molecular flexibility index (Phi) is 6.49. The molecule has 168 valence electrons. The van der Waals surface area contributed by atoms with Crippen LogP contribution in [0.15, 0.2) is 36.5 Å². The number of carbonyl (C=O) groups excluding carboxylic acids is 1. The summed E-state index contributed by atoms with van der Waals surface area (Å²) in [5.74, 6) is -1.45. The SMILES string of the molecule is COC(=O)C(F)(c1ccnc(N(Cc2ccc(OC)cc2)S(=O)(=O)C2CC2)n1)C(C)C. The van der Waals surface area contributed by atoms with E-state index in [9.17, 15) is 13.2 Å². The molecule has 1 saturated carbocycles. The van der Waals surface area contributed by atoms with Crippen molar-refractivity contribution in [1.29, 1.82) is 0 Å². The number of esters is 1. The van der Waals surface area contributed by atoms with Gasteiger partial charge in [0.2, 0.25) is 16.0 Å². The second-order valence-electron chi connectivity index (χ2n) is 7.70. The van der Waals surface area contributed by atoms with Crippen LogP contribution in [0.1, 0.15) is 37.9 Å². The fourth-order valence-electron chi connectivity index (χ4n) is 3.17. The van der Waals surface area contributed by atoms with Gasteiger partial charge >= 0.3 is 5.97 Å². The summed E-state index contributed by atoms with van der Waals surface area (Å²) in [5.41, 5.74) is -2.10. The average molecular weight is 452 g/mol. The number of nitrogens with zero attached hydrogens (tertiary/aromatic N) is 3. The van der Waals surface area contributed by atoms with Crippen molar-refractivity contribution in [2.24, 2.45) is 5.92 Å². The molecule has 10 heteroatoms. The largest absolute Gasteiger partial charge is 0.497 e. The normalized spacial score (nSPS) is 15.9. The van der Waals surface area contributed by atoms with Gasteiger partial charge in [-0.25, -0.2) is 31.9 Å². The molecule has 8 nitrogen and oxygen atoms in total. The van der Waals surface area contributed by atoms with Gasteiger partial charge in [0, 0.05) is 12.1 Å². The van der Waals surface area contributed by atoms with Gasteiger partial charge < -0.3 is 9.47 Å². The van der Waals surface area contributed by atoms with E-state index in [4.69, 9.17) is 4.74 Å². The Morgan fingerprint density at radius 3 is 2.39 bits per heavy atom. The second-order valence-corrected chi connectivity index (χ2v) is 9.84. The molecule has 1 atom stereocenters. The molecular formula is C21H26FN3O5S. The number of aromatic nitrogens is 2. The molecule has 1 aromatic carbocycles. The third-order valence-corrected chi connectivity index (χ3v) is 7.48. The number of alkyl halides is 1. The van der Waals surface area contributed by atoms with E-state index in [1.54, 1.807) is 24.3 Å². The smallest absolute Gasteiger partial charge is 0.350 e. The Hall–Kier alpha value is -2.75. The molecule has 0 N–H and O–H groups in total. The molecule has 2 aromatic rings. The fourth-order valence-corrected chi connectivity index (χ4v) is 4.91. The molecule has 0 spiro atoms. The molecule has 1 heterocycles. The maximum Gasteiger partial charge on any atom is 0.350 e. The summed E-state index contributed by atoms with van der Waals surface area (Å²) in [4.78, 5) is 20.5. The number of ether oxygens (including phenoxy) is 2. The van der Waals surface area contributed by atoms with Crippen molar-refractivity contribution in [3.63, 3.8) is 0 Å². The highest BCUT2D eigenvalue weighted by Gasteiger charge is 2.48. The van der Waals surface area contributed by atoms with Crippen LogP contribution < -0.4 is 9.04 Å². The molecule has 31 heavy (non-hydrogen) atoms. The van der Waals surface area contributed by atoms with Crippen molar-refractivity contribution >= 4 is 21.9 Å². The molecule has 1 aliphatic carbocycles. The van der Waals surface area contributed by atoms with Gasteiger partial charge in [-0.3, -0.25) is 0 Å². The van der Waals surface area contributed by atoms with Crippen LogP contribution in [0.3, 0.4) is 0 Å². The standard InChI is InChI=1S/C21H26FN3O5S/c1-14(2)21(22,19(26)30-4)18-11-12-23-20(24-18)25(31(27,28)17-9-10-17)13-15-5-7-16(29-3)8-6-15/h5-8,11-12,14,17H,9-10,13H2,1-4H3. The van der Waals surface area contributed by atoms with Gasteiger partial charge in [-0.15, -0.1) is 0 Å². The summed E-state index contributed by atoms with van der Waals surface area (Å²) >= 11 is 0. The Morgan fingerprint density at radius 1 is 1.23 bits per heavy atom. The summed E-state index contributed by atoms with van der Waals surface area (Å²) in [5, 5.41) is -0.529. The minimum absolute atomic E-state index is 0.0362. The van der Waals surface area contributed by atoms with E-state index in [0.717, 1.165) is 11.4 Å². The summed E-state index contributed by atoms with van der Waals surface area (Å²) in [6.45, 7) is 3.01. The van der Waals surface area contributed by atoms with Gasteiger partial charge in [0.15, 0.2) is 0 Å². The van der Waals surface area contributed by atoms with Crippen LogP contribution in [-0.2, 0) is 31.8 Å². The number of benzene rings is 1. The van der Waals surface area contributed by atoms with Crippen molar-refractivity contribution in [1.82, 2.24) is 9.97 Å². The average Bonchev–Trinajstić information content (AvgIpc) is 3.62. The maximum absolute atomic E-state index is 15.7. The quantitative estimate of drug-likeness (QED) is 0.541. The number of hydrogen-bond donors (Lipinski definition) is 0. The van der Waals surface area contributed by atoms with Crippen molar-refractivity contribution in [2.75, 3.05) is 18.5 Å². The number of sulfonamides is 1. The van der Waals surface area contributed by atoms with E-state index in [0.29, 0.717) is 24.2 Å². The first-order chi connectivity index (χ1) is 14.6. The highest BCUT2D eigenvalue weighted by atomic mass is 32.2. The maximum atomic E-state index is 15.7.